The third-order valence-electron chi connectivity index (χ3n) is 12.5. The molecular weight excluding hydrogens is 1260 g/mol. The van der Waals surface area contributed by atoms with Crippen molar-refractivity contribution in [3.63, 3.8) is 0 Å². The molecule has 0 amide bonds. The second-order valence-electron chi connectivity index (χ2n) is 21.4. The smallest absolute Gasteiger partial charge is 0.320 e. The Balaban J connectivity index is -0.000000255. The fraction of sp³-hybridized carbons (Fsp3) is 0.826. The van der Waals surface area contributed by atoms with Gasteiger partial charge in [0.25, 0.3) is 0 Å². The van der Waals surface area contributed by atoms with Crippen LogP contribution in [0.5, 0.6) is 0 Å². The van der Waals surface area contributed by atoms with Crippen LogP contribution in [-0.4, -0.2) is 164 Å². The van der Waals surface area contributed by atoms with Crippen LogP contribution in [0, 0.1) is 0 Å². The van der Waals surface area contributed by atoms with Crippen LogP contribution < -0.4 is 0 Å². The first kappa shape index (κ1) is 101. The Morgan fingerprint density at radius 1 is 0.229 bits per heavy atom. The van der Waals surface area contributed by atoms with Crippen molar-refractivity contribution in [2.24, 2.45) is 0 Å². The van der Waals surface area contributed by atoms with Crippen molar-refractivity contribution >= 4 is 71.6 Å². The molecule has 3 N–H and O–H groups in total. The SMILES string of the molecule is CCC(=O)OCOC(=O)CC.CCCCCC(OC(=O)CC(=O)OCCC)C(O)CCC.CCCCCC(OC(=O)CC)C(O)CCC.CCCCCC(OC(=O)CC)C(O)CCC.CCCOC(=O)CC(=O)OCOC(=O)CC.CCCOC(=O)CC(=O)OCOC(=O)CC. The van der Waals surface area contributed by atoms with Crippen LogP contribution >= 0.6 is 0 Å². The highest BCUT2D eigenvalue weighted by molar-refractivity contribution is 5.92. The topological polar surface area (TPSA) is 376 Å². The average Bonchev–Trinajstić information content (AvgIpc) is 1.90. The summed E-state index contributed by atoms with van der Waals surface area (Å²) in [7, 11) is 0. The second-order valence-corrected chi connectivity index (χ2v) is 21.4. The molecule has 96 heavy (non-hydrogen) atoms. The molecule has 6 atom stereocenters. The Hall–Kier alpha value is -6.48. The minimum absolute atomic E-state index is 0.204. The van der Waals surface area contributed by atoms with E-state index in [1.165, 1.54) is 0 Å². The lowest BCUT2D eigenvalue weighted by atomic mass is 10.0. The maximum Gasteiger partial charge on any atom is 0.320 e. The van der Waals surface area contributed by atoms with E-state index in [0.29, 0.717) is 70.8 Å². The van der Waals surface area contributed by atoms with E-state index in [2.05, 4.69) is 58.7 Å². The molecule has 27 nitrogen and oxygen atoms in total. The van der Waals surface area contributed by atoms with Crippen LogP contribution in [0.2, 0.25) is 0 Å². The molecular formula is C69H126O27. The van der Waals surface area contributed by atoms with Crippen LogP contribution in [0.4, 0.5) is 0 Å². The van der Waals surface area contributed by atoms with E-state index in [-0.39, 0.29) is 75.4 Å². The Morgan fingerprint density at radius 2 is 0.438 bits per heavy atom. The molecule has 6 unspecified atom stereocenters. The highest BCUT2D eigenvalue weighted by Gasteiger charge is 2.25. The van der Waals surface area contributed by atoms with Crippen molar-refractivity contribution < 1.29 is 130 Å². The standard InChI is InChI=1S/C16H30O5.2C13H26O3.2C10H16O6.C7H12O4/c1-4-7-8-10-14(13(17)9-5-2)21-16(19)12-15(18)20-11-6-3;2*1-4-7-8-10-12(11(14)9-5-2)16-13(15)6-3;2*1-3-5-14-9(12)6-10(13)16-7-15-8(11)4-2;1-3-6(8)10-5-11-7(9)4-2/h13-14,17H,4-12H2,1-3H3;2*11-12,14H,4-10H2,1-3H3;2*3-7H2,1-2H3;3-5H2,1-2H3. The van der Waals surface area contributed by atoms with E-state index in [1.807, 2.05) is 41.5 Å². The van der Waals surface area contributed by atoms with Crippen molar-refractivity contribution in [3.05, 3.63) is 0 Å². The monoisotopic (exact) mass is 1390 g/mol. The molecule has 0 aromatic heterocycles. The summed E-state index contributed by atoms with van der Waals surface area (Å²) >= 11 is 0. The van der Waals surface area contributed by atoms with Gasteiger partial charge in [0.1, 0.15) is 37.6 Å². The minimum Gasteiger partial charge on any atom is -0.465 e. The molecule has 0 fully saturated rings. The quantitative estimate of drug-likeness (QED) is 0.0167. The summed E-state index contributed by atoms with van der Waals surface area (Å²) in [5.41, 5.74) is 0. The van der Waals surface area contributed by atoms with Crippen molar-refractivity contribution in [3.8, 4) is 0 Å². The summed E-state index contributed by atoms with van der Waals surface area (Å²) in [5.74, 6) is -6.12. The van der Waals surface area contributed by atoms with Crippen molar-refractivity contribution in [2.75, 3.05) is 40.2 Å². The largest absolute Gasteiger partial charge is 0.465 e. The summed E-state index contributed by atoms with van der Waals surface area (Å²) in [5, 5.41) is 29.8. The van der Waals surface area contributed by atoms with Gasteiger partial charge in [0.15, 0.2) is 0 Å². The molecule has 564 valence electrons. The molecule has 0 aliphatic carbocycles. The summed E-state index contributed by atoms with van der Waals surface area (Å²) in [6, 6.07) is 0. The van der Waals surface area contributed by atoms with Gasteiger partial charge in [-0.2, -0.15) is 0 Å². The molecule has 0 heterocycles. The van der Waals surface area contributed by atoms with Crippen molar-refractivity contribution in [2.45, 2.75) is 333 Å². The average molecular weight is 1390 g/mol. The summed E-state index contributed by atoms with van der Waals surface area (Å²) in [6.45, 7) is 27.7. The molecule has 0 aromatic rings. The maximum atomic E-state index is 11.7. The van der Waals surface area contributed by atoms with Crippen molar-refractivity contribution in [1.82, 2.24) is 0 Å². The first-order valence-electron chi connectivity index (χ1n) is 34.8. The number of hydrogen-bond donors (Lipinski definition) is 3. The number of aliphatic hydroxyl groups is 3. The number of ether oxygens (including phenoxy) is 12. The fourth-order valence-electron chi connectivity index (χ4n) is 7.08. The number of carbonyl (C=O) groups excluding carboxylic acids is 12. The Bertz CT molecular complexity index is 1890. The van der Waals surface area contributed by atoms with Gasteiger partial charge in [0.05, 0.1) is 38.1 Å². The first-order valence-corrected chi connectivity index (χ1v) is 34.8. The predicted molar refractivity (Wildman–Crippen MR) is 355 cm³/mol. The first-order chi connectivity index (χ1) is 45.7. The van der Waals surface area contributed by atoms with Crippen LogP contribution in [0.15, 0.2) is 0 Å². The third kappa shape index (κ3) is 71.8. The highest BCUT2D eigenvalue weighted by atomic mass is 16.7. The van der Waals surface area contributed by atoms with Gasteiger partial charge in [0.2, 0.25) is 20.4 Å². The zero-order chi connectivity index (χ0) is 74.3. The zero-order valence-corrected chi connectivity index (χ0v) is 61.1. The summed E-state index contributed by atoms with van der Waals surface area (Å²) in [6.07, 6.45) is 16.1. The van der Waals surface area contributed by atoms with E-state index in [4.69, 9.17) is 18.9 Å². The fourth-order valence-corrected chi connectivity index (χ4v) is 7.08. The third-order valence-corrected chi connectivity index (χ3v) is 12.5. The molecule has 0 saturated carbocycles. The van der Waals surface area contributed by atoms with Gasteiger partial charge in [0, 0.05) is 38.5 Å². The van der Waals surface area contributed by atoms with Crippen LogP contribution in [-0.2, 0) is 114 Å². The Morgan fingerprint density at radius 3 is 0.646 bits per heavy atom. The number of unbranched alkanes of at least 4 members (excludes halogenated alkanes) is 6. The van der Waals surface area contributed by atoms with Gasteiger partial charge in [-0.25, -0.2) is 0 Å². The highest BCUT2D eigenvalue weighted by Crippen LogP contribution is 2.18. The van der Waals surface area contributed by atoms with E-state index < -0.39 is 98.6 Å². The normalized spacial score (nSPS) is 11.9. The predicted octanol–water partition coefficient (Wildman–Crippen LogP) is 11.5. The van der Waals surface area contributed by atoms with E-state index >= 15 is 0 Å². The zero-order valence-electron chi connectivity index (χ0n) is 61.1. The van der Waals surface area contributed by atoms with Crippen molar-refractivity contribution in [1.29, 1.82) is 0 Å². The Labute approximate surface area is 572 Å². The molecule has 0 aromatic carbocycles. The lowest BCUT2D eigenvalue weighted by Gasteiger charge is -2.23. The molecule has 0 rings (SSSR count). The summed E-state index contributed by atoms with van der Waals surface area (Å²) in [4.78, 5) is 132. The number of aliphatic hydroxyl groups excluding tert-OH is 3. The van der Waals surface area contributed by atoms with Crippen LogP contribution in [0.1, 0.15) is 296 Å². The van der Waals surface area contributed by atoms with E-state index in [0.717, 1.165) is 96.3 Å². The number of hydrogen-bond acceptors (Lipinski definition) is 27. The number of carbonyl (C=O) groups is 12. The Kier molecular flexibility index (Phi) is 77.8. The molecule has 0 aliphatic heterocycles. The van der Waals surface area contributed by atoms with Gasteiger partial charge in [-0.15, -0.1) is 0 Å². The van der Waals surface area contributed by atoms with Gasteiger partial charge in [-0.3, -0.25) is 57.5 Å². The molecule has 0 radical (unpaired) electrons. The molecule has 0 saturated heterocycles. The summed E-state index contributed by atoms with van der Waals surface area (Å²) < 4.78 is 56.9. The molecule has 0 aliphatic rings. The number of rotatable bonds is 48. The van der Waals surface area contributed by atoms with Gasteiger partial charge < -0.3 is 72.2 Å². The minimum atomic E-state index is -0.773. The van der Waals surface area contributed by atoms with Gasteiger partial charge in [-0.05, 0) is 77.0 Å². The van der Waals surface area contributed by atoms with Crippen LogP contribution in [0.25, 0.3) is 0 Å². The van der Waals surface area contributed by atoms with Gasteiger partial charge in [-0.1, -0.05) is 162 Å². The van der Waals surface area contributed by atoms with Crippen LogP contribution in [0.3, 0.4) is 0 Å². The van der Waals surface area contributed by atoms with E-state index in [1.54, 1.807) is 41.5 Å². The van der Waals surface area contributed by atoms with Gasteiger partial charge >= 0.3 is 71.6 Å². The molecule has 0 bridgehead atoms. The molecule has 27 heteroatoms. The lowest BCUT2D eigenvalue weighted by Crippen LogP contribution is -2.32. The molecule has 0 spiro atoms. The lowest BCUT2D eigenvalue weighted by molar-refractivity contribution is -0.171. The van der Waals surface area contributed by atoms with E-state index in [9.17, 15) is 72.9 Å². The number of esters is 12. The second kappa shape index (κ2) is 74.3. The maximum absolute atomic E-state index is 11.7.